The smallest absolute Gasteiger partial charge is 0.160 e. The van der Waals surface area contributed by atoms with Gasteiger partial charge in [0.05, 0.1) is 11.2 Å². The van der Waals surface area contributed by atoms with Crippen molar-refractivity contribution in [2.45, 2.75) is 19.3 Å². The summed E-state index contributed by atoms with van der Waals surface area (Å²) in [6, 6.07) is 56.8. The highest BCUT2D eigenvalue weighted by Crippen LogP contribution is 2.56. The van der Waals surface area contributed by atoms with Gasteiger partial charge >= 0.3 is 0 Å². The first-order valence-electron chi connectivity index (χ1n) is 17.0. The highest BCUT2D eigenvalue weighted by atomic mass is 14.9. The fraction of sp³-hybridized carbons (Fsp3) is 0.0638. The number of benzene rings is 8. The van der Waals surface area contributed by atoms with E-state index in [1.54, 1.807) is 0 Å². The number of nitrogens with zero attached hydrogens (tertiary/aromatic N) is 2. The van der Waals surface area contributed by atoms with E-state index < -0.39 is 0 Å². The van der Waals surface area contributed by atoms with Gasteiger partial charge in [0.1, 0.15) is 0 Å². The Morgan fingerprint density at radius 2 is 1.02 bits per heavy atom. The standard InChI is InChI=1S/C47H32N2/c1-47(2)43-34-26-24-32(28-33(34)25-27-40(43)42-37-16-8-6-14-35(37)36-15-7-9-17-38(36)44(42)47)29-20-22-31(23-21-29)46-48-41-19-11-10-18-39(41)45(49-46)30-12-4-3-5-13-30/h3-28H,1-2H3. The molecule has 0 unspecified atom stereocenters. The Morgan fingerprint density at radius 3 is 1.80 bits per heavy atom. The molecule has 10 rings (SSSR count). The number of hydrogen-bond donors (Lipinski definition) is 0. The van der Waals surface area contributed by atoms with E-state index in [1.807, 2.05) is 18.2 Å². The van der Waals surface area contributed by atoms with Crippen molar-refractivity contribution in [3.05, 3.63) is 169 Å². The molecule has 1 aromatic heterocycles. The second-order valence-corrected chi connectivity index (χ2v) is 13.7. The summed E-state index contributed by atoms with van der Waals surface area (Å²) < 4.78 is 0. The van der Waals surface area contributed by atoms with Crippen LogP contribution in [0.5, 0.6) is 0 Å². The molecule has 0 fully saturated rings. The molecule has 2 nitrogen and oxygen atoms in total. The molecule has 0 saturated carbocycles. The van der Waals surface area contributed by atoms with Crippen LogP contribution in [0.2, 0.25) is 0 Å². The lowest BCUT2D eigenvalue weighted by atomic mass is 9.77. The first-order valence-corrected chi connectivity index (χ1v) is 17.0. The molecule has 0 bridgehead atoms. The second kappa shape index (κ2) is 10.4. The SMILES string of the molecule is CC1(C)c2c(ccc3cc(-c4ccc(-c5nc(-c6ccccc6)c6ccccc6n5)cc4)ccc23)-c2c1c1ccccc1c1ccccc21. The number of fused-ring (bicyclic) bond motifs is 11. The zero-order valence-corrected chi connectivity index (χ0v) is 27.4. The van der Waals surface area contributed by atoms with E-state index in [0.29, 0.717) is 0 Å². The maximum atomic E-state index is 5.08. The summed E-state index contributed by atoms with van der Waals surface area (Å²) in [7, 11) is 0. The molecule has 2 heteroatoms. The minimum absolute atomic E-state index is 0.143. The fourth-order valence-electron chi connectivity index (χ4n) is 8.42. The first-order chi connectivity index (χ1) is 24.1. The summed E-state index contributed by atoms with van der Waals surface area (Å²) in [6.45, 7) is 4.81. The average Bonchev–Trinajstić information content (AvgIpc) is 3.41. The van der Waals surface area contributed by atoms with Crippen molar-refractivity contribution in [3.8, 4) is 44.9 Å². The van der Waals surface area contributed by atoms with Crippen LogP contribution in [-0.2, 0) is 5.41 Å². The third-order valence-electron chi connectivity index (χ3n) is 10.6. The maximum absolute atomic E-state index is 5.08. The largest absolute Gasteiger partial charge is 0.228 e. The van der Waals surface area contributed by atoms with E-state index in [1.165, 1.54) is 65.7 Å². The predicted molar refractivity (Wildman–Crippen MR) is 206 cm³/mol. The highest BCUT2D eigenvalue weighted by Gasteiger charge is 2.39. The first kappa shape index (κ1) is 27.9. The van der Waals surface area contributed by atoms with Crippen LogP contribution in [0.15, 0.2) is 158 Å². The average molecular weight is 625 g/mol. The summed E-state index contributed by atoms with van der Waals surface area (Å²) in [4.78, 5) is 10.0. The lowest BCUT2D eigenvalue weighted by molar-refractivity contribution is 0.672. The Bertz CT molecular complexity index is 2780. The van der Waals surface area contributed by atoms with Gasteiger partial charge in [-0.05, 0) is 77.8 Å². The molecule has 0 saturated heterocycles. The van der Waals surface area contributed by atoms with E-state index >= 15 is 0 Å². The Hall–Kier alpha value is -6.12. The molecule has 1 aliphatic rings. The van der Waals surface area contributed by atoms with Crippen LogP contribution in [-0.4, -0.2) is 9.97 Å². The monoisotopic (exact) mass is 624 g/mol. The van der Waals surface area contributed by atoms with Crippen molar-refractivity contribution in [2.24, 2.45) is 0 Å². The van der Waals surface area contributed by atoms with E-state index in [2.05, 4.69) is 153 Å². The van der Waals surface area contributed by atoms with Gasteiger partial charge in [0.15, 0.2) is 5.82 Å². The highest BCUT2D eigenvalue weighted by molar-refractivity contribution is 6.19. The molecule has 0 aliphatic heterocycles. The molecular weight excluding hydrogens is 593 g/mol. The number of hydrogen-bond acceptors (Lipinski definition) is 2. The number of rotatable bonds is 3. The van der Waals surface area contributed by atoms with Gasteiger partial charge < -0.3 is 0 Å². The Labute approximate surface area is 285 Å². The Morgan fingerprint density at radius 1 is 0.408 bits per heavy atom. The van der Waals surface area contributed by atoms with E-state index in [9.17, 15) is 0 Å². The van der Waals surface area contributed by atoms with Crippen LogP contribution < -0.4 is 0 Å². The van der Waals surface area contributed by atoms with Crippen molar-refractivity contribution in [1.29, 1.82) is 0 Å². The minimum atomic E-state index is -0.143. The third-order valence-corrected chi connectivity index (χ3v) is 10.6. The van der Waals surface area contributed by atoms with Gasteiger partial charge in [-0.1, -0.05) is 159 Å². The molecule has 8 aromatic carbocycles. The zero-order valence-electron chi connectivity index (χ0n) is 27.4. The van der Waals surface area contributed by atoms with E-state index in [4.69, 9.17) is 9.97 Å². The zero-order chi connectivity index (χ0) is 32.7. The molecule has 0 radical (unpaired) electrons. The molecule has 0 spiro atoms. The molecule has 1 aliphatic carbocycles. The number of aromatic nitrogens is 2. The van der Waals surface area contributed by atoms with Gasteiger partial charge in [0.25, 0.3) is 0 Å². The van der Waals surface area contributed by atoms with Crippen LogP contribution in [0.1, 0.15) is 25.0 Å². The molecule has 9 aromatic rings. The molecular formula is C47H32N2. The third kappa shape index (κ3) is 4.14. The summed E-state index contributed by atoms with van der Waals surface area (Å²) in [6.07, 6.45) is 0. The molecule has 49 heavy (non-hydrogen) atoms. The molecule has 1 heterocycles. The summed E-state index contributed by atoms with van der Waals surface area (Å²) in [5.74, 6) is 0.736. The van der Waals surface area contributed by atoms with Gasteiger partial charge in [-0.15, -0.1) is 0 Å². The van der Waals surface area contributed by atoms with Crippen LogP contribution in [0.4, 0.5) is 0 Å². The quantitative estimate of drug-likeness (QED) is 0.183. The van der Waals surface area contributed by atoms with Gasteiger partial charge in [0.2, 0.25) is 0 Å². The lowest BCUT2D eigenvalue weighted by Crippen LogP contribution is -2.16. The van der Waals surface area contributed by atoms with Crippen molar-refractivity contribution < 1.29 is 0 Å². The molecule has 0 atom stereocenters. The summed E-state index contributed by atoms with van der Waals surface area (Å²) in [5, 5.41) is 9.00. The lowest BCUT2D eigenvalue weighted by Gasteiger charge is -2.25. The van der Waals surface area contributed by atoms with Crippen LogP contribution in [0.3, 0.4) is 0 Å². The van der Waals surface area contributed by atoms with Crippen molar-refractivity contribution >= 4 is 43.2 Å². The predicted octanol–water partition coefficient (Wildman–Crippen LogP) is 12.4. The van der Waals surface area contributed by atoms with Crippen molar-refractivity contribution in [3.63, 3.8) is 0 Å². The number of para-hydroxylation sites is 1. The normalized spacial score (nSPS) is 13.3. The van der Waals surface area contributed by atoms with Crippen LogP contribution in [0.25, 0.3) is 88.1 Å². The topological polar surface area (TPSA) is 25.8 Å². The molecule has 0 N–H and O–H groups in total. The van der Waals surface area contributed by atoms with Gasteiger partial charge in [0, 0.05) is 21.9 Å². The van der Waals surface area contributed by atoms with Gasteiger partial charge in [-0.3, -0.25) is 0 Å². The Kier molecular flexibility index (Phi) is 5.95. The molecule has 0 amide bonds. The minimum Gasteiger partial charge on any atom is -0.228 e. The Balaban J connectivity index is 1.07. The van der Waals surface area contributed by atoms with E-state index in [-0.39, 0.29) is 5.41 Å². The second-order valence-electron chi connectivity index (χ2n) is 13.7. The van der Waals surface area contributed by atoms with Crippen molar-refractivity contribution in [2.75, 3.05) is 0 Å². The fourth-order valence-corrected chi connectivity index (χ4v) is 8.42. The summed E-state index contributed by atoms with van der Waals surface area (Å²) in [5.41, 5.74) is 11.8. The van der Waals surface area contributed by atoms with Gasteiger partial charge in [-0.2, -0.15) is 0 Å². The van der Waals surface area contributed by atoms with E-state index in [0.717, 1.165) is 33.5 Å². The van der Waals surface area contributed by atoms with Crippen molar-refractivity contribution in [1.82, 2.24) is 9.97 Å². The van der Waals surface area contributed by atoms with Crippen LogP contribution in [0, 0.1) is 0 Å². The van der Waals surface area contributed by atoms with Crippen LogP contribution >= 0.6 is 0 Å². The van der Waals surface area contributed by atoms with Gasteiger partial charge in [-0.25, -0.2) is 9.97 Å². The summed E-state index contributed by atoms with van der Waals surface area (Å²) >= 11 is 0. The maximum Gasteiger partial charge on any atom is 0.160 e. The molecule has 230 valence electrons.